The molecule has 1 aromatic rings. The van der Waals surface area contributed by atoms with Crippen LogP contribution < -0.4 is 15.0 Å². The molecule has 10 heavy (non-hydrogen) atoms. The molecule has 0 unspecified atom stereocenters. The monoisotopic (exact) mass is 139 g/mol. The van der Waals surface area contributed by atoms with E-state index in [4.69, 9.17) is 9.47 Å². The standard InChI is InChI=1S/C6H5NO3/c8-6-1-4-5(2-7-6)10-3-9-4/h1-2H,3H2,(H,7,8). The number of rotatable bonds is 0. The Labute approximate surface area is 56.4 Å². The third-order valence-electron chi connectivity index (χ3n) is 1.28. The molecule has 2 heterocycles. The van der Waals surface area contributed by atoms with Crippen molar-refractivity contribution in [3.63, 3.8) is 0 Å². The maximum atomic E-state index is 10.6. The maximum Gasteiger partial charge on any atom is 0.251 e. The molecule has 0 aromatic carbocycles. The Morgan fingerprint density at radius 3 is 3.10 bits per heavy atom. The Balaban J connectivity index is 2.63. The van der Waals surface area contributed by atoms with Crippen LogP contribution in [0.2, 0.25) is 0 Å². The molecule has 0 spiro atoms. The van der Waals surface area contributed by atoms with E-state index in [0.717, 1.165) is 0 Å². The lowest BCUT2D eigenvalue weighted by molar-refractivity contribution is 0.174. The second kappa shape index (κ2) is 1.76. The predicted octanol–water partition coefficient (Wildman–Crippen LogP) is 0.104. The molecular formula is C6H5NO3. The van der Waals surface area contributed by atoms with Crippen molar-refractivity contribution in [2.75, 3.05) is 6.79 Å². The zero-order chi connectivity index (χ0) is 6.97. The summed E-state index contributed by atoms with van der Waals surface area (Å²) in [5.74, 6) is 1.11. The van der Waals surface area contributed by atoms with Crippen LogP contribution in [0.5, 0.6) is 11.5 Å². The highest BCUT2D eigenvalue weighted by Crippen LogP contribution is 2.27. The normalized spacial score (nSPS) is 13.6. The zero-order valence-corrected chi connectivity index (χ0v) is 5.09. The summed E-state index contributed by atoms with van der Waals surface area (Å²) in [6.07, 6.45) is 1.49. The minimum Gasteiger partial charge on any atom is -0.453 e. The molecule has 2 rings (SSSR count). The second-order valence-electron chi connectivity index (χ2n) is 1.93. The lowest BCUT2D eigenvalue weighted by Crippen LogP contribution is -2.00. The number of hydrogen-bond donors (Lipinski definition) is 1. The van der Waals surface area contributed by atoms with Crippen molar-refractivity contribution in [2.24, 2.45) is 0 Å². The molecular weight excluding hydrogens is 134 g/mol. The summed E-state index contributed by atoms with van der Waals surface area (Å²) in [5, 5.41) is 0. The molecule has 1 aliphatic heterocycles. The van der Waals surface area contributed by atoms with Gasteiger partial charge in [-0.2, -0.15) is 0 Å². The van der Waals surface area contributed by atoms with Crippen molar-refractivity contribution in [1.82, 2.24) is 4.98 Å². The SMILES string of the molecule is O=c1cc2c(c[nH]1)OCO2. The molecule has 0 saturated heterocycles. The van der Waals surface area contributed by atoms with Gasteiger partial charge in [0.2, 0.25) is 6.79 Å². The fourth-order valence-electron chi connectivity index (χ4n) is 0.822. The largest absolute Gasteiger partial charge is 0.453 e. The molecule has 0 bridgehead atoms. The Kier molecular flexibility index (Phi) is 0.943. The molecule has 1 N–H and O–H groups in total. The number of H-pyrrole nitrogens is 1. The third-order valence-corrected chi connectivity index (χ3v) is 1.28. The van der Waals surface area contributed by atoms with Crippen molar-refractivity contribution in [1.29, 1.82) is 0 Å². The number of nitrogens with one attached hydrogen (secondary N) is 1. The van der Waals surface area contributed by atoms with E-state index in [0.29, 0.717) is 11.5 Å². The minimum atomic E-state index is -0.177. The van der Waals surface area contributed by atoms with Crippen LogP contribution in [0, 0.1) is 0 Å². The summed E-state index contributed by atoms with van der Waals surface area (Å²) in [6, 6.07) is 1.36. The van der Waals surface area contributed by atoms with Gasteiger partial charge in [0.15, 0.2) is 11.5 Å². The Morgan fingerprint density at radius 1 is 1.40 bits per heavy atom. The highest BCUT2D eigenvalue weighted by Gasteiger charge is 2.11. The number of hydrogen-bond acceptors (Lipinski definition) is 3. The van der Waals surface area contributed by atoms with E-state index >= 15 is 0 Å². The first-order valence-electron chi connectivity index (χ1n) is 2.84. The molecule has 0 fully saturated rings. The summed E-state index contributed by atoms with van der Waals surface area (Å²) in [5.41, 5.74) is -0.177. The Morgan fingerprint density at radius 2 is 2.20 bits per heavy atom. The van der Waals surface area contributed by atoms with Gasteiger partial charge < -0.3 is 14.5 Å². The summed E-state index contributed by atoms with van der Waals surface area (Å²) in [4.78, 5) is 13.1. The first-order valence-corrected chi connectivity index (χ1v) is 2.84. The molecule has 0 atom stereocenters. The highest BCUT2D eigenvalue weighted by atomic mass is 16.7. The van der Waals surface area contributed by atoms with Crippen molar-refractivity contribution in [2.45, 2.75) is 0 Å². The first kappa shape index (κ1) is 5.34. The lowest BCUT2D eigenvalue weighted by Gasteiger charge is -1.89. The molecule has 4 nitrogen and oxygen atoms in total. The lowest BCUT2D eigenvalue weighted by atomic mass is 10.4. The molecule has 1 aromatic heterocycles. The van der Waals surface area contributed by atoms with E-state index in [1.165, 1.54) is 12.3 Å². The van der Waals surface area contributed by atoms with Gasteiger partial charge in [0.1, 0.15) is 0 Å². The summed E-state index contributed by atoms with van der Waals surface area (Å²) >= 11 is 0. The first-order chi connectivity index (χ1) is 4.86. The average Bonchev–Trinajstić information content (AvgIpc) is 2.33. The maximum absolute atomic E-state index is 10.6. The van der Waals surface area contributed by atoms with E-state index in [1.807, 2.05) is 0 Å². The van der Waals surface area contributed by atoms with Gasteiger partial charge in [-0.05, 0) is 0 Å². The summed E-state index contributed by atoms with van der Waals surface area (Å²) in [7, 11) is 0. The van der Waals surface area contributed by atoms with Crippen LogP contribution in [0.3, 0.4) is 0 Å². The van der Waals surface area contributed by atoms with Gasteiger partial charge in [0.25, 0.3) is 5.56 Å². The van der Waals surface area contributed by atoms with E-state index in [-0.39, 0.29) is 12.4 Å². The van der Waals surface area contributed by atoms with Gasteiger partial charge in [-0.1, -0.05) is 0 Å². The van der Waals surface area contributed by atoms with E-state index < -0.39 is 0 Å². The van der Waals surface area contributed by atoms with Gasteiger partial charge in [-0.3, -0.25) is 4.79 Å². The van der Waals surface area contributed by atoms with Gasteiger partial charge in [0, 0.05) is 6.07 Å². The quantitative estimate of drug-likeness (QED) is 0.554. The summed E-state index contributed by atoms with van der Waals surface area (Å²) < 4.78 is 9.90. The molecule has 52 valence electrons. The Bertz CT molecular complexity index is 304. The topological polar surface area (TPSA) is 51.3 Å². The summed E-state index contributed by atoms with van der Waals surface area (Å²) in [6.45, 7) is 0.201. The predicted molar refractivity (Wildman–Crippen MR) is 33.2 cm³/mol. The van der Waals surface area contributed by atoms with Crippen LogP contribution in [-0.4, -0.2) is 11.8 Å². The molecule has 1 aliphatic rings. The van der Waals surface area contributed by atoms with Crippen molar-refractivity contribution < 1.29 is 9.47 Å². The van der Waals surface area contributed by atoms with Crippen LogP contribution in [0.1, 0.15) is 0 Å². The number of pyridine rings is 1. The van der Waals surface area contributed by atoms with Crippen LogP contribution in [-0.2, 0) is 0 Å². The van der Waals surface area contributed by atoms with Crippen LogP contribution >= 0.6 is 0 Å². The van der Waals surface area contributed by atoms with Crippen molar-refractivity contribution in [3.05, 3.63) is 22.6 Å². The van der Waals surface area contributed by atoms with Gasteiger partial charge in [0.05, 0.1) is 6.20 Å². The zero-order valence-electron chi connectivity index (χ0n) is 5.09. The van der Waals surface area contributed by atoms with Crippen molar-refractivity contribution in [3.8, 4) is 11.5 Å². The molecule has 0 aliphatic carbocycles. The van der Waals surface area contributed by atoms with Crippen LogP contribution in [0.4, 0.5) is 0 Å². The minimum absolute atomic E-state index is 0.177. The second-order valence-corrected chi connectivity index (χ2v) is 1.93. The molecule has 0 saturated carbocycles. The van der Waals surface area contributed by atoms with Crippen LogP contribution in [0.15, 0.2) is 17.1 Å². The number of fused-ring (bicyclic) bond motifs is 1. The fraction of sp³-hybridized carbons (Fsp3) is 0.167. The van der Waals surface area contributed by atoms with Gasteiger partial charge in [-0.15, -0.1) is 0 Å². The molecule has 0 amide bonds. The van der Waals surface area contributed by atoms with Crippen LogP contribution in [0.25, 0.3) is 0 Å². The smallest absolute Gasteiger partial charge is 0.251 e. The third kappa shape index (κ3) is 0.655. The van der Waals surface area contributed by atoms with Gasteiger partial charge >= 0.3 is 0 Å². The molecule has 4 heteroatoms. The number of aromatic amines is 1. The van der Waals surface area contributed by atoms with Crippen molar-refractivity contribution >= 4 is 0 Å². The fourth-order valence-corrected chi connectivity index (χ4v) is 0.822. The van der Waals surface area contributed by atoms with E-state index in [2.05, 4.69) is 4.98 Å². The van der Waals surface area contributed by atoms with E-state index in [9.17, 15) is 4.79 Å². The average molecular weight is 139 g/mol. The van der Waals surface area contributed by atoms with E-state index in [1.54, 1.807) is 0 Å². The number of ether oxygens (including phenoxy) is 2. The Hall–Kier alpha value is -1.45. The molecule has 0 radical (unpaired) electrons. The highest BCUT2D eigenvalue weighted by molar-refractivity contribution is 5.38. The van der Waals surface area contributed by atoms with Gasteiger partial charge in [-0.25, -0.2) is 0 Å². The number of aromatic nitrogens is 1.